The smallest absolute Gasteiger partial charge is 0.0209 e. The number of nitrogens with zero attached hydrogens (tertiary/aromatic N) is 1. The molecular formula is C18H35N. The Hall–Kier alpha value is -0.720. The van der Waals surface area contributed by atoms with Crippen LogP contribution in [0, 0.1) is 5.41 Å². The number of rotatable bonds is 11. The predicted octanol–water partition coefficient (Wildman–Crippen LogP) is 5.78. The summed E-state index contributed by atoms with van der Waals surface area (Å²) in [6.45, 7) is 17.9. The van der Waals surface area contributed by atoms with Gasteiger partial charge < -0.3 is 4.90 Å². The van der Waals surface area contributed by atoms with Crippen molar-refractivity contribution < 1.29 is 0 Å². The van der Waals surface area contributed by atoms with E-state index in [2.05, 4.69) is 58.2 Å². The van der Waals surface area contributed by atoms with Gasteiger partial charge in [-0.3, -0.25) is 0 Å². The molecule has 0 aliphatic carbocycles. The highest BCUT2D eigenvalue weighted by molar-refractivity contribution is 5.07. The highest BCUT2D eigenvalue weighted by Crippen LogP contribution is 2.35. The summed E-state index contributed by atoms with van der Waals surface area (Å²) in [6.07, 6.45) is 12.0. The number of unbranched alkanes of at least 4 members (excludes halogenated alkanes) is 2. The van der Waals surface area contributed by atoms with Crippen LogP contribution in [0.3, 0.4) is 0 Å². The summed E-state index contributed by atoms with van der Waals surface area (Å²) < 4.78 is 0. The molecule has 0 aromatic heterocycles. The maximum Gasteiger partial charge on any atom is 0.0209 e. The van der Waals surface area contributed by atoms with Crippen molar-refractivity contribution in [2.75, 3.05) is 13.1 Å². The Bertz CT molecular complexity index is 261. The fourth-order valence-corrected chi connectivity index (χ4v) is 2.31. The van der Waals surface area contributed by atoms with E-state index in [1.165, 1.54) is 37.8 Å². The molecule has 0 spiro atoms. The molecule has 19 heavy (non-hydrogen) atoms. The topological polar surface area (TPSA) is 3.24 Å². The van der Waals surface area contributed by atoms with Crippen LogP contribution < -0.4 is 0 Å². The van der Waals surface area contributed by atoms with Gasteiger partial charge >= 0.3 is 0 Å². The van der Waals surface area contributed by atoms with Gasteiger partial charge in [-0.15, -0.1) is 0 Å². The van der Waals surface area contributed by atoms with Gasteiger partial charge in [-0.1, -0.05) is 59.3 Å². The lowest BCUT2D eigenvalue weighted by Crippen LogP contribution is -2.33. The highest BCUT2D eigenvalue weighted by Gasteiger charge is 2.26. The van der Waals surface area contributed by atoms with E-state index in [1.807, 2.05) is 0 Å². The first-order valence-corrected chi connectivity index (χ1v) is 8.14. The molecule has 0 saturated carbocycles. The first kappa shape index (κ1) is 18.3. The molecule has 0 aromatic rings. The van der Waals surface area contributed by atoms with Crippen molar-refractivity contribution in [3.05, 3.63) is 24.4 Å². The normalized spacial score (nSPS) is 12.1. The summed E-state index contributed by atoms with van der Waals surface area (Å²) in [7, 11) is 0. The molecule has 0 N–H and O–H groups in total. The minimum atomic E-state index is 0.266. The summed E-state index contributed by atoms with van der Waals surface area (Å²) in [6, 6.07) is 0. The van der Waals surface area contributed by atoms with Gasteiger partial charge in [-0.25, -0.2) is 0 Å². The third-order valence-corrected chi connectivity index (χ3v) is 4.48. The van der Waals surface area contributed by atoms with Gasteiger partial charge in [-0.05, 0) is 32.6 Å². The van der Waals surface area contributed by atoms with Crippen LogP contribution in [0.4, 0.5) is 0 Å². The van der Waals surface area contributed by atoms with Crippen molar-refractivity contribution in [1.29, 1.82) is 0 Å². The van der Waals surface area contributed by atoms with Crippen LogP contribution in [0.1, 0.15) is 73.1 Å². The van der Waals surface area contributed by atoms with Crippen LogP contribution in [-0.2, 0) is 0 Å². The molecule has 1 heteroatoms. The maximum absolute atomic E-state index is 4.37. The van der Waals surface area contributed by atoms with Gasteiger partial charge in [0, 0.05) is 24.2 Å². The molecule has 0 rings (SSSR count). The molecule has 0 aliphatic rings. The van der Waals surface area contributed by atoms with Gasteiger partial charge in [0.15, 0.2) is 0 Å². The van der Waals surface area contributed by atoms with E-state index in [0.29, 0.717) is 0 Å². The van der Waals surface area contributed by atoms with E-state index < -0.39 is 0 Å². The minimum Gasteiger partial charge on any atom is -0.375 e. The molecular weight excluding hydrogens is 230 g/mol. The van der Waals surface area contributed by atoms with Crippen LogP contribution in [0.5, 0.6) is 0 Å². The fourth-order valence-electron chi connectivity index (χ4n) is 2.31. The molecule has 0 heterocycles. The largest absolute Gasteiger partial charge is 0.375 e. The molecule has 0 saturated heterocycles. The highest BCUT2D eigenvalue weighted by atomic mass is 15.1. The quantitative estimate of drug-likeness (QED) is 0.338. The van der Waals surface area contributed by atoms with Crippen molar-refractivity contribution in [2.45, 2.75) is 73.1 Å². The lowest BCUT2D eigenvalue weighted by atomic mass is 9.81. The van der Waals surface area contributed by atoms with Crippen molar-refractivity contribution in [3.8, 4) is 0 Å². The minimum absolute atomic E-state index is 0.266. The second kappa shape index (κ2) is 10.1. The van der Waals surface area contributed by atoms with Gasteiger partial charge in [0.05, 0.1) is 0 Å². The monoisotopic (exact) mass is 265 g/mol. The first-order chi connectivity index (χ1) is 9.05. The van der Waals surface area contributed by atoms with E-state index >= 15 is 0 Å². The third-order valence-electron chi connectivity index (χ3n) is 4.48. The van der Waals surface area contributed by atoms with Gasteiger partial charge in [0.25, 0.3) is 0 Å². The standard InChI is InChI=1S/C18H35N/c1-7-11-12-13-14-15-16-19(10-4)17(5)18(6,8-2)9-3/h13-14H,5,7-12,15-16H2,1-4,6H3/b14-13+. The Labute approximate surface area is 121 Å². The molecule has 0 radical (unpaired) electrons. The fraction of sp³-hybridized carbons (Fsp3) is 0.778. The van der Waals surface area contributed by atoms with Gasteiger partial charge in [0.1, 0.15) is 0 Å². The van der Waals surface area contributed by atoms with Crippen LogP contribution >= 0.6 is 0 Å². The zero-order valence-corrected chi connectivity index (χ0v) is 14.0. The Morgan fingerprint density at radius 3 is 2.11 bits per heavy atom. The maximum atomic E-state index is 4.37. The molecule has 0 fully saturated rings. The Balaban J connectivity index is 4.27. The molecule has 0 unspecified atom stereocenters. The van der Waals surface area contributed by atoms with E-state index in [9.17, 15) is 0 Å². The molecule has 0 amide bonds. The second-order valence-corrected chi connectivity index (χ2v) is 5.70. The van der Waals surface area contributed by atoms with Crippen molar-refractivity contribution in [3.63, 3.8) is 0 Å². The Kier molecular flexibility index (Phi) is 9.73. The van der Waals surface area contributed by atoms with Crippen LogP contribution in [0.2, 0.25) is 0 Å². The van der Waals surface area contributed by atoms with Gasteiger partial charge in [0.2, 0.25) is 0 Å². The van der Waals surface area contributed by atoms with E-state index in [-0.39, 0.29) is 5.41 Å². The lowest BCUT2D eigenvalue weighted by Gasteiger charge is -2.37. The lowest BCUT2D eigenvalue weighted by molar-refractivity contribution is 0.237. The summed E-state index contributed by atoms with van der Waals surface area (Å²) in [5.74, 6) is 0. The molecule has 0 aromatic carbocycles. The van der Waals surface area contributed by atoms with E-state index in [1.54, 1.807) is 0 Å². The zero-order chi connectivity index (χ0) is 14.7. The zero-order valence-electron chi connectivity index (χ0n) is 14.0. The number of hydrogen-bond acceptors (Lipinski definition) is 1. The number of allylic oxidation sites excluding steroid dienone is 2. The average Bonchev–Trinajstić information content (AvgIpc) is 2.45. The molecule has 0 atom stereocenters. The molecule has 112 valence electrons. The average molecular weight is 265 g/mol. The molecule has 0 bridgehead atoms. The third kappa shape index (κ3) is 6.31. The summed E-state index contributed by atoms with van der Waals surface area (Å²) in [5.41, 5.74) is 1.59. The first-order valence-electron chi connectivity index (χ1n) is 8.14. The van der Waals surface area contributed by atoms with Crippen molar-refractivity contribution in [2.24, 2.45) is 5.41 Å². The van der Waals surface area contributed by atoms with Crippen molar-refractivity contribution in [1.82, 2.24) is 4.90 Å². The summed E-state index contributed by atoms with van der Waals surface area (Å²) in [5, 5.41) is 0. The summed E-state index contributed by atoms with van der Waals surface area (Å²) in [4.78, 5) is 2.46. The van der Waals surface area contributed by atoms with Gasteiger partial charge in [-0.2, -0.15) is 0 Å². The number of hydrogen-bond donors (Lipinski definition) is 0. The predicted molar refractivity (Wildman–Crippen MR) is 88.4 cm³/mol. The van der Waals surface area contributed by atoms with Crippen LogP contribution in [-0.4, -0.2) is 18.0 Å². The SMILES string of the molecule is C=C(N(CC)CC/C=C/CCCC)C(C)(CC)CC. The Morgan fingerprint density at radius 2 is 1.63 bits per heavy atom. The molecule has 0 aliphatic heterocycles. The molecule has 1 nitrogen and oxygen atoms in total. The summed E-state index contributed by atoms with van der Waals surface area (Å²) >= 11 is 0. The van der Waals surface area contributed by atoms with Crippen molar-refractivity contribution >= 4 is 0 Å². The Morgan fingerprint density at radius 1 is 1.05 bits per heavy atom. The second-order valence-electron chi connectivity index (χ2n) is 5.70. The van der Waals surface area contributed by atoms with Crippen LogP contribution in [0.25, 0.3) is 0 Å². The van der Waals surface area contributed by atoms with Crippen LogP contribution in [0.15, 0.2) is 24.4 Å². The van der Waals surface area contributed by atoms with E-state index in [4.69, 9.17) is 0 Å². The van der Waals surface area contributed by atoms with E-state index in [0.717, 1.165) is 19.5 Å².